The molecule has 1 aromatic rings. The van der Waals surface area contributed by atoms with Crippen molar-refractivity contribution in [3.05, 3.63) is 35.2 Å². The fourth-order valence-electron chi connectivity index (χ4n) is 2.88. The second-order valence-corrected chi connectivity index (χ2v) is 6.14. The van der Waals surface area contributed by atoms with Crippen LogP contribution in [0.25, 0.3) is 5.76 Å². The first-order valence-corrected chi connectivity index (χ1v) is 7.29. The van der Waals surface area contributed by atoms with Crippen molar-refractivity contribution < 1.29 is 75.8 Å². The normalized spacial score (nSPS) is 23.3. The van der Waals surface area contributed by atoms with Crippen molar-refractivity contribution >= 4 is 11.5 Å². The molecule has 1 saturated carbocycles. The van der Waals surface area contributed by atoms with Crippen LogP contribution in [0.2, 0.25) is 0 Å². The molecule has 1 aliphatic rings. The van der Waals surface area contributed by atoms with E-state index < -0.39 is 82.0 Å². The van der Waals surface area contributed by atoms with Gasteiger partial charge in [0.2, 0.25) is 0 Å². The quantitative estimate of drug-likeness (QED) is 0.268. The predicted molar refractivity (Wildman–Crippen MR) is 68.0 cm³/mol. The summed E-state index contributed by atoms with van der Waals surface area (Å²) in [5.74, 6) is -48.2. The lowest BCUT2D eigenvalue weighted by Gasteiger charge is -2.37. The number of carbonyl (C=O) groups excluding carboxylic acids is 1. The number of ketones is 1. The number of alkyl halides is 11. The first-order chi connectivity index (χ1) is 14.1. The Bertz CT molecular complexity index is 958. The highest BCUT2D eigenvalue weighted by Gasteiger charge is 3.06. The molecule has 3 nitrogen and oxygen atoms in total. The molecule has 0 spiro atoms. The first kappa shape index (κ1) is 25.6. The number of carbonyl (C=O) groups is 1. The average Bonchev–Trinajstić information content (AvgIpc) is 2.64. The van der Waals surface area contributed by atoms with E-state index in [4.69, 9.17) is 0 Å². The number of aromatic nitrogens is 1. The van der Waals surface area contributed by atoms with E-state index in [1.54, 1.807) is 0 Å². The summed E-state index contributed by atoms with van der Waals surface area (Å²) in [6.07, 6.45) is -9.25. The van der Waals surface area contributed by atoms with Crippen LogP contribution in [0.5, 0.6) is 0 Å². The summed E-state index contributed by atoms with van der Waals surface area (Å²) in [7, 11) is 0. The molecule has 2 rings (SSSR count). The maximum atomic E-state index is 13.9. The van der Waals surface area contributed by atoms with Gasteiger partial charge in [0.15, 0.2) is 17.4 Å². The number of nitrogens with zero attached hydrogens (tertiary/aromatic N) is 1. The van der Waals surface area contributed by atoms with Gasteiger partial charge in [0.05, 0.1) is 5.56 Å². The number of pyridine rings is 1. The molecular formula is C14H2F15NO2. The lowest BCUT2D eigenvalue weighted by Crippen LogP contribution is -2.64. The molecule has 180 valence electrons. The molecule has 32 heavy (non-hydrogen) atoms. The Kier molecular flexibility index (Phi) is 5.32. The van der Waals surface area contributed by atoms with E-state index in [2.05, 4.69) is 0 Å². The van der Waals surface area contributed by atoms with Gasteiger partial charge < -0.3 is 5.11 Å². The van der Waals surface area contributed by atoms with Crippen molar-refractivity contribution in [2.75, 3.05) is 0 Å². The summed E-state index contributed by atoms with van der Waals surface area (Å²) >= 11 is 0. The Hall–Kier alpha value is -2.69. The van der Waals surface area contributed by atoms with Crippen LogP contribution in [-0.4, -0.2) is 45.7 Å². The number of halogens is 15. The molecule has 18 heteroatoms. The van der Waals surface area contributed by atoms with Crippen molar-refractivity contribution in [2.24, 2.45) is 5.41 Å². The van der Waals surface area contributed by atoms with Crippen LogP contribution in [0, 0.1) is 28.9 Å². The van der Waals surface area contributed by atoms with Crippen LogP contribution >= 0.6 is 0 Å². The van der Waals surface area contributed by atoms with Crippen LogP contribution in [0.1, 0.15) is 5.56 Å². The molecule has 1 N–H and O–H groups in total. The number of hydrogen-bond acceptors (Lipinski definition) is 3. The zero-order valence-corrected chi connectivity index (χ0v) is 14.0. The molecule has 0 unspecified atom stereocenters. The molecule has 1 aliphatic carbocycles. The zero-order chi connectivity index (χ0) is 25.5. The Labute approximate surface area is 164 Å². The van der Waals surface area contributed by atoms with Gasteiger partial charge in [-0.15, -0.1) is 0 Å². The van der Waals surface area contributed by atoms with Gasteiger partial charge in [-0.05, 0) is 0 Å². The third kappa shape index (κ3) is 2.60. The summed E-state index contributed by atoms with van der Waals surface area (Å²) in [6.45, 7) is 0. The molecule has 1 fully saturated rings. The van der Waals surface area contributed by atoms with Crippen molar-refractivity contribution in [2.45, 2.75) is 29.9 Å². The lowest BCUT2D eigenvalue weighted by molar-refractivity contribution is -0.341. The van der Waals surface area contributed by atoms with E-state index in [1.807, 2.05) is 4.98 Å². The maximum absolute atomic E-state index is 13.9. The Morgan fingerprint density at radius 1 is 0.750 bits per heavy atom. The van der Waals surface area contributed by atoms with Gasteiger partial charge in [-0.2, -0.15) is 62.1 Å². The summed E-state index contributed by atoms with van der Waals surface area (Å²) < 4.78 is 202. The van der Waals surface area contributed by atoms with Gasteiger partial charge in [-0.25, -0.2) is 8.78 Å². The molecule has 0 aliphatic heterocycles. The van der Waals surface area contributed by atoms with E-state index in [9.17, 15) is 75.8 Å². The smallest absolute Gasteiger partial charge is 0.414 e. The van der Waals surface area contributed by atoms with Crippen LogP contribution in [0.15, 0.2) is 6.08 Å². The fourth-order valence-corrected chi connectivity index (χ4v) is 2.88. The zero-order valence-electron chi connectivity index (χ0n) is 14.0. The van der Waals surface area contributed by atoms with Gasteiger partial charge in [0, 0.05) is 6.08 Å². The van der Waals surface area contributed by atoms with E-state index in [0.717, 1.165) is 0 Å². The highest BCUT2D eigenvalue weighted by molar-refractivity contribution is 6.02. The van der Waals surface area contributed by atoms with Crippen molar-refractivity contribution in [1.29, 1.82) is 0 Å². The fraction of sp³-hybridized carbons (Fsp3) is 0.429. The number of rotatable bonds is 3. The molecule has 0 radical (unpaired) electrons. The third-order valence-corrected chi connectivity index (χ3v) is 4.44. The average molecular weight is 501 g/mol. The number of aliphatic hydroxyl groups excluding tert-OH is 1. The highest BCUT2D eigenvalue weighted by Crippen LogP contribution is 2.75. The van der Waals surface area contributed by atoms with E-state index in [1.165, 1.54) is 0 Å². The predicted octanol–water partition coefficient (Wildman–Crippen LogP) is 5.21. The van der Waals surface area contributed by atoms with Crippen molar-refractivity contribution in [3.63, 3.8) is 0 Å². The van der Waals surface area contributed by atoms with E-state index in [0.29, 0.717) is 0 Å². The third-order valence-electron chi connectivity index (χ3n) is 4.44. The van der Waals surface area contributed by atoms with Crippen LogP contribution in [0.4, 0.5) is 65.9 Å². The molecule has 0 amide bonds. The number of aliphatic hydroxyl groups is 1. The van der Waals surface area contributed by atoms with Gasteiger partial charge in [0.25, 0.3) is 17.3 Å². The number of hydrogen-bond donors (Lipinski definition) is 1. The molecule has 0 aromatic carbocycles. The molecular weight excluding hydrogens is 499 g/mol. The molecule has 0 saturated heterocycles. The summed E-state index contributed by atoms with van der Waals surface area (Å²) in [6, 6.07) is 0. The molecule has 0 atom stereocenters. The summed E-state index contributed by atoms with van der Waals surface area (Å²) in [5.41, 5.74) is -9.88. The molecule has 1 aromatic heterocycles. The standard InChI is InChI=1S/C14H2F15NO2/c15-5-4(6(16)8(18)30-7(5)17)2(31)1-3(32)9(14(27,28)29)10(19,20)12(23,24)13(25,26)11(9,21)22/h1,31H/b2-1-. The first-order valence-electron chi connectivity index (χ1n) is 7.29. The van der Waals surface area contributed by atoms with Gasteiger partial charge in [-0.3, -0.25) is 4.79 Å². The summed E-state index contributed by atoms with van der Waals surface area (Å²) in [4.78, 5) is 13.7. The van der Waals surface area contributed by atoms with Crippen LogP contribution in [-0.2, 0) is 4.79 Å². The second-order valence-electron chi connectivity index (χ2n) is 6.14. The Balaban J connectivity index is 2.93. The highest BCUT2D eigenvalue weighted by atomic mass is 19.4. The van der Waals surface area contributed by atoms with Crippen LogP contribution in [0.3, 0.4) is 0 Å². The minimum Gasteiger partial charge on any atom is -0.507 e. The van der Waals surface area contributed by atoms with E-state index >= 15 is 0 Å². The summed E-state index contributed by atoms with van der Waals surface area (Å²) in [5, 5.41) is 9.31. The monoisotopic (exact) mass is 501 g/mol. The maximum Gasteiger partial charge on any atom is 0.414 e. The lowest BCUT2D eigenvalue weighted by atomic mass is 9.74. The minimum atomic E-state index is -7.62. The van der Waals surface area contributed by atoms with Gasteiger partial charge in [-0.1, -0.05) is 0 Å². The SMILES string of the molecule is O=C(/C=C(\O)c1c(F)c(F)nc(F)c1F)C1(C(F)(F)F)C(F)(F)C(F)(F)C(F)(F)C1(F)F. The minimum absolute atomic E-state index is 1.63. The van der Waals surface area contributed by atoms with Crippen molar-refractivity contribution in [3.8, 4) is 0 Å². The largest absolute Gasteiger partial charge is 0.507 e. The van der Waals surface area contributed by atoms with Gasteiger partial charge >= 0.3 is 29.9 Å². The number of allylic oxidation sites excluding steroid dienone is 1. The van der Waals surface area contributed by atoms with Crippen LogP contribution < -0.4 is 0 Å². The Morgan fingerprint density at radius 2 is 1.09 bits per heavy atom. The molecule has 1 heterocycles. The van der Waals surface area contributed by atoms with Crippen molar-refractivity contribution in [1.82, 2.24) is 4.98 Å². The Morgan fingerprint density at radius 3 is 1.41 bits per heavy atom. The second kappa shape index (κ2) is 6.66. The molecule has 0 bridgehead atoms. The van der Waals surface area contributed by atoms with E-state index in [-0.39, 0.29) is 0 Å². The topological polar surface area (TPSA) is 50.2 Å². The van der Waals surface area contributed by atoms with Gasteiger partial charge in [0.1, 0.15) is 5.76 Å².